The zero-order valence-electron chi connectivity index (χ0n) is 64.2. The first-order valence-corrected chi connectivity index (χ1v) is 40.6. The first kappa shape index (κ1) is 88.6. The Morgan fingerprint density at radius 3 is 1.34 bits per heavy atom. The highest BCUT2D eigenvalue weighted by molar-refractivity contribution is 7.99. The summed E-state index contributed by atoms with van der Waals surface area (Å²) >= 11 is 25.7. The van der Waals surface area contributed by atoms with Crippen molar-refractivity contribution in [2.45, 2.75) is 138 Å². The first-order chi connectivity index (χ1) is 58.0. The summed E-state index contributed by atoms with van der Waals surface area (Å²) in [7, 11) is 0. The standard InChI is InChI=1S/C22H22ClF3N6O.C19H18ClF3N6O.C19H20ClF3N6O.C17H14ClF3N6OS/c23-13-8-14-15(10-29-19(14)28-9-13)20-27-6-5-18(31-20)32-16-4-2-1-3-12(16)7-17(32)21(33)30-11-22(24,25)26;20-11-7-12-13(9-26-15(12)25-8-11)16-24-6-3-14(28-16)29-18(4-1-2-5-18)17(30)27-10-19(21,22)23;1-3-18(4-2,17(30)27-10-19(21,22)23)29-14-5-6-24-16(28-14)13-9-26-15-12(13)7-11(20)8-25-15;18-9-3-10-11(5-24-14(10)23-4-9)15-22-2-1-13(26-15)27-8-29-6-12(27)16(28)25-7-17(19,20)21/h5-6,8-10,12,16-17H,1-4,7,11H2,(H,28,29)(H,30,33);3,6-9H,1-2,4-5,10H2,(H,25,26)(H,27,30)(H,24,28,29);5-9H,3-4,10H2,1-2H3,(H,25,26)(H,27,30)(H,24,28,29);1-5,12H,6-8H2,(H,23,24)(H,25,28)/t12-,16-,17-;;;12-/m0..0/s1. The van der Waals surface area contributed by atoms with Crippen molar-refractivity contribution in [3.63, 3.8) is 0 Å². The van der Waals surface area contributed by atoms with Crippen LogP contribution in [0.2, 0.25) is 20.1 Å². The summed E-state index contributed by atoms with van der Waals surface area (Å²) in [6.07, 6.45) is 8.49. The molecule has 0 bridgehead atoms. The molecule has 4 aliphatic rings. The van der Waals surface area contributed by atoms with E-state index in [-0.39, 0.29) is 24.8 Å². The topological polar surface area (TPSA) is 365 Å². The van der Waals surface area contributed by atoms with Crippen molar-refractivity contribution in [3.05, 3.63) is 143 Å². The number of alkyl halides is 12. The molecule has 16 rings (SSSR count). The lowest BCUT2D eigenvalue weighted by atomic mass is 9.84. The van der Waals surface area contributed by atoms with Crippen LogP contribution in [0.15, 0.2) is 123 Å². The van der Waals surface area contributed by atoms with Crippen LogP contribution in [0.1, 0.15) is 84.5 Å². The quantitative estimate of drug-likeness (QED) is 0.0317. The second-order valence-electron chi connectivity index (χ2n) is 28.9. The zero-order chi connectivity index (χ0) is 87.1. The van der Waals surface area contributed by atoms with E-state index in [1.165, 1.54) is 42.7 Å². The Labute approximate surface area is 709 Å². The minimum Gasteiger partial charge on any atom is -0.356 e. The maximum Gasteiger partial charge on any atom is 0.405 e. The van der Waals surface area contributed by atoms with Gasteiger partial charge in [0.05, 0.1) is 26.0 Å². The molecule has 12 aromatic rings. The smallest absolute Gasteiger partial charge is 0.356 e. The minimum atomic E-state index is -4.49. The number of aromatic nitrogens is 16. The highest BCUT2D eigenvalue weighted by Crippen LogP contribution is 2.44. The van der Waals surface area contributed by atoms with Crippen LogP contribution in [0.5, 0.6) is 0 Å². The van der Waals surface area contributed by atoms with E-state index in [1.807, 2.05) is 20.9 Å². The average molecular weight is 1800 g/mol. The average Bonchev–Trinajstić information content (AvgIpc) is 1.62. The predicted octanol–water partition coefficient (Wildman–Crippen LogP) is 16.1. The van der Waals surface area contributed by atoms with Gasteiger partial charge in [-0.15, -0.1) is 11.8 Å². The van der Waals surface area contributed by atoms with Gasteiger partial charge in [0.15, 0.2) is 23.3 Å². The fourth-order valence-electron chi connectivity index (χ4n) is 14.9. The lowest BCUT2D eigenvalue weighted by Gasteiger charge is -2.34. The third kappa shape index (κ3) is 21.5. The number of rotatable bonds is 20. The summed E-state index contributed by atoms with van der Waals surface area (Å²) in [4.78, 5) is 118. The lowest BCUT2D eigenvalue weighted by Crippen LogP contribution is -2.53. The Hall–Kier alpha value is -11.2. The number of halogens is 16. The number of carbonyl (C=O) groups excluding carboxylic acids is 4. The molecule has 0 spiro atoms. The Morgan fingerprint density at radius 1 is 0.484 bits per heavy atom. The second kappa shape index (κ2) is 37.3. The molecule has 2 aliphatic heterocycles. The molecule has 10 N–H and O–H groups in total. The third-order valence-corrected chi connectivity index (χ3v) is 22.6. The van der Waals surface area contributed by atoms with Gasteiger partial charge in [-0.05, 0) is 99.4 Å². The van der Waals surface area contributed by atoms with E-state index in [9.17, 15) is 71.9 Å². The SMILES string of the molecule is CCC(CC)(Nc1ccnc(-c2c[nH]c3ncc(Cl)cc23)n1)C(=O)NCC(F)(F)F.O=C(NCC(F)(F)F)C1(Nc2ccnc(-c3c[nH]c4ncc(Cl)cc34)n2)CCCC1.O=C(NCC(F)(F)F)[C@@H]1CSCN1c1ccnc(-c2c[nH]c3ncc(Cl)cc23)n1.O=C(NCC(F)(F)F)[C@@H]1C[C@@H]2CCCC[C@@H]2N1c1ccnc(-c2c[nH]c3ncc(Cl)cc23)n1. The van der Waals surface area contributed by atoms with Crippen molar-refractivity contribution >= 4 is 149 Å². The molecule has 2 saturated heterocycles. The normalized spacial score (nSPS) is 17.2. The fraction of sp³-hybridized carbons (Fsp3) is 0.377. The zero-order valence-corrected chi connectivity index (χ0v) is 68.1. The third-order valence-electron chi connectivity index (χ3n) is 20.8. The molecule has 644 valence electrons. The van der Waals surface area contributed by atoms with E-state index in [1.54, 1.807) is 111 Å². The number of hydrogen-bond donors (Lipinski definition) is 10. The molecule has 4 atom stereocenters. The number of fused-ring (bicyclic) bond motifs is 5. The van der Waals surface area contributed by atoms with E-state index < -0.39 is 97.7 Å². The largest absolute Gasteiger partial charge is 0.405 e. The molecule has 14 heterocycles. The lowest BCUT2D eigenvalue weighted by molar-refractivity contribution is -0.141. The number of thioether (sulfide) groups is 1. The Kier molecular flexibility index (Phi) is 27.1. The van der Waals surface area contributed by atoms with Gasteiger partial charge in [0.1, 0.15) is 95.2 Å². The van der Waals surface area contributed by atoms with Crippen LogP contribution in [0.3, 0.4) is 0 Å². The summed E-state index contributed by atoms with van der Waals surface area (Å²) in [5.74, 6) is 1.53. The number of nitrogens with zero attached hydrogens (tertiary/aromatic N) is 14. The number of aromatic amines is 4. The molecule has 2 aliphatic carbocycles. The van der Waals surface area contributed by atoms with E-state index in [0.29, 0.717) is 142 Å². The van der Waals surface area contributed by atoms with Crippen molar-refractivity contribution < 1.29 is 71.9 Å². The van der Waals surface area contributed by atoms with Gasteiger partial charge in [0, 0.05) is 130 Å². The molecule has 4 fully saturated rings. The molecule has 2 saturated carbocycles. The van der Waals surface area contributed by atoms with Crippen molar-refractivity contribution in [2.24, 2.45) is 5.92 Å². The van der Waals surface area contributed by atoms with Gasteiger partial charge in [0.2, 0.25) is 23.6 Å². The van der Waals surface area contributed by atoms with Gasteiger partial charge in [-0.25, -0.2) is 59.8 Å². The molecule has 0 unspecified atom stereocenters. The van der Waals surface area contributed by atoms with E-state index in [2.05, 4.69) is 90.7 Å². The van der Waals surface area contributed by atoms with Gasteiger partial charge in [-0.1, -0.05) is 85.9 Å². The van der Waals surface area contributed by atoms with Crippen LogP contribution >= 0.6 is 58.2 Å². The number of amides is 4. The van der Waals surface area contributed by atoms with Crippen molar-refractivity contribution in [2.75, 3.05) is 58.2 Å². The number of nitrogens with one attached hydrogen (secondary N) is 10. The molecule has 122 heavy (non-hydrogen) atoms. The molecule has 4 amide bonds. The Bertz CT molecular complexity index is 5600. The minimum absolute atomic E-state index is 0.0576. The summed E-state index contributed by atoms with van der Waals surface area (Å²) in [5, 5.41) is 18.9. The molecular weight excluding hydrogens is 1730 g/mol. The number of hydrogen-bond acceptors (Lipinski definition) is 21. The summed E-state index contributed by atoms with van der Waals surface area (Å²) < 4.78 is 151. The van der Waals surface area contributed by atoms with Crippen LogP contribution in [0.25, 0.3) is 89.7 Å². The molecule has 28 nitrogen and oxygen atoms in total. The van der Waals surface area contributed by atoms with Gasteiger partial charge < -0.3 is 61.6 Å². The highest BCUT2D eigenvalue weighted by Gasteiger charge is 2.48. The summed E-state index contributed by atoms with van der Waals surface area (Å²) in [6, 6.07) is 12.1. The van der Waals surface area contributed by atoms with Crippen molar-refractivity contribution in [1.82, 2.24) is 101 Å². The van der Waals surface area contributed by atoms with Gasteiger partial charge >= 0.3 is 24.7 Å². The number of anilines is 4. The molecule has 12 aromatic heterocycles. The van der Waals surface area contributed by atoms with Gasteiger partial charge in [0.25, 0.3) is 0 Å². The van der Waals surface area contributed by atoms with Crippen molar-refractivity contribution in [1.29, 1.82) is 0 Å². The summed E-state index contributed by atoms with van der Waals surface area (Å²) in [5.41, 5.74) is 2.83. The van der Waals surface area contributed by atoms with E-state index in [4.69, 9.17) is 51.4 Å². The maximum atomic E-state index is 12.8. The van der Waals surface area contributed by atoms with Crippen molar-refractivity contribution in [3.8, 4) is 45.6 Å². The number of H-pyrrole nitrogens is 4. The molecule has 0 radical (unpaired) electrons. The monoisotopic (exact) mass is 1800 g/mol. The van der Waals surface area contributed by atoms with Gasteiger partial charge in [-0.2, -0.15) is 52.7 Å². The van der Waals surface area contributed by atoms with Crippen LogP contribution in [0, 0.1) is 5.92 Å². The Balaban J connectivity index is 0.000000140. The number of carbonyl (C=O) groups is 4. The molecular formula is C77H74Cl4F12N24O4S. The predicted molar refractivity (Wildman–Crippen MR) is 437 cm³/mol. The van der Waals surface area contributed by atoms with E-state index >= 15 is 0 Å². The summed E-state index contributed by atoms with van der Waals surface area (Å²) in [6.45, 7) is -2.03. The van der Waals surface area contributed by atoms with Crippen LogP contribution in [0.4, 0.5) is 76.0 Å². The van der Waals surface area contributed by atoms with Crippen LogP contribution < -0.4 is 41.7 Å². The fourth-order valence-corrected chi connectivity index (χ4v) is 16.7. The van der Waals surface area contributed by atoms with Gasteiger partial charge in [-0.3, -0.25) is 19.2 Å². The first-order valence-electron chi connectivity index (χ1n) is 38.0. The van der Waals surface area contributed by atoms with Crippen LogP contribution in [-0.2, 0) is 19.2 Å². The second-order valence-corrected chi connectivity index (χ2v) is 31.6. The maximum absolute atomic E-state index is 12.8. The Morgan fingerprint density at radius 2 is 0.877 bits per heavy atom. The van der Waals surface area contributed by atoms with Crippen LogP contribution in [-0.4, -0.2) is 195 Å². The molecule has 0 aromatic carbocycles. The van der Waals surface area contributed by atoms with E-state index in [0.717, 1.165) is 60.1 Å². The molecule has 45 heteroatoms. The number of pyridine rings is 4. The highest BCUT2D eigenvalue weighted by atomic mass is 35.5.